The minimum atomic E-state index is -0.315. The van der Waals surface area contributed by atoms with Crippen LogP contribution in [0.5, 0.6) is 0 Å². The van der Waals surface area contributed by atoms with Gasteiger partial charge in [-0.25, -0.2) is 0 Å². The van der Waals surface area contributed by atoms with Gasteiger partial charge in [-0.2, -0.15) is 0 Å². The molecule has 2 rings (SSSR count). The summed E-state index contributed by atoms with van der Waals surface area (Å²) < 4.78 is 4.88. The van der Waals surface area contributed by atoms with Crippen LogP contribution in [-0.2, 0) is 11.3 Å². The molecular formula is C18H21N3O3. The third kappa shape index (κ3) is 4.89. The maximum Gasteiger partial charge on any atom is 0.270 e. The number of nitrogens with one attached hydrogen (secondary N) is 2. The van der Waals surface area contributed by atoms with Gasteiger partial charge in [0.15, 0.2) is 0 Å². The predicted octanol–water partition coefficient (Wildman–Crippen LogP) is 1.70. The summed E-state index contributed by atoms with van der Waals surface area (Å²) >= 11 is 0. The number of aromatic nitrogens is 1. The van der Waals surface area contributed by atoms with Crippen LogP contribution < -0.4 is 10.6 Å². The summed E-state index contributed by atoms with van der Waals surface area (Å²) in [5, 5.41) is 5.53. The van der Waals surface area contributed by atoms with Gasteiger partial charge in [0.2, 0.25) is 0 Å². The quantitative estimate of drug-likeness (QED) is 0.759. The first-order valence-electron chi connectivity index (χ1n) is 7.67. The van der Waals surface area contributed by atoms with Crippen molar-refractivity contribution in [1.29, 1.82) is 0 Å². The second kappa shape index (κ2) is 8.79. The van der Waals surface area contributed by atoms with Crippen molar-refractivity contribution in [2.24, 2.45) is 0 Å². The van der Waals surface area contributed by atoms with Gasteiger partial charge < -0.3 is 15.4 Å². The summed E-state index contributed by atoms with van der Waals surface area (Å²) in [6.45, 7) is 3.25. The molecule has 0 fully saturated rings. The van der Waals surface area contributed by atoms with E-state index in [9.17, 15) is 9.59 Å². The largest absolute Gasteiger partial charge is 0.383 e. The topological polar surface area (TPSA) is 80.3 Å². The van der Waals surface area contributed by atoms with E-state index in [1.807, 2.05) is 31.2 Å². The molecule has 0 aliphatic heterocycles. The van der Waals surface area contributed by atoms with Crippen molar-refractivity contribution in [2.45, 2.75) is 13.5 Å². The first kappa shape index (κ1) is 17.6. The zero-order chi connectivity index (χ0) is 17.4. The monoisotopic (exact) mass is 327 g/mol. The van der Waals surface area contributed by atoms with Crippen LogP contribution in [0.3, 0.4) is 0 Å². The molecule has 0 saturated heterocycles. The fraction of sp³-hybridized carbons (Fsp3) is 0.278. The van der Waals surface area contributed by atoms with Crippen LogP contribution in [0.15, 0.2) is 42.6 Å². The molecule has 1 heterocycles. The molecule has 0 spiro atoms. The number of methoxy groups -OCH3 is 1. The highest BCUT2D eigenvalue weighted by molar-refractivity contribution is 5.98. The number of pyridine rings is 1. The van der Waals surface area contributed by atoms with E-state index in [4.69, 9.17) is 4.74 Å². The Bertz CT molecular complexity index is 716. The summed E-state index contributed by atoms with van der Waals surface area (Å²) in [5.41, 5.74) is 2.75. The summed E-state index contributed by atoms with van der Waals surface area (Å²) in [5.74, 6) is -0.577. The Morgan fingerprint density at radius 2 is 1.92 bits per heavy atom. The van der Waals surface area contributed by atoms with Gasteiger partial charge in [0.05, 0.1) is 6.61 Å². The molecule has 1 aromatic carbocycles. The van der Waals surface area contributed by atoms with Crippen molar-refractivity contribution >= 4 is 11.8 Å². The van der Waals surface area contributed by atoms with Gasteiger partial charge >= 0.3 is 0 Å². The molecule has 0 bridgehead atoms. The fourth-order valence-corrected chi connectivity index (χ4v) is 2.14. The summed E-state index contributed by atoms with van der Waals surface area (Å²) in [6.07, 6.45) is 1.45. The minimum absolute atomic E-state index is 0.211. The highest BCUT2D eigenvalue weighted by atomic mass is 16.5. The third-order valence-electron chi connectivity index (χ3n) is 3.55. The van der Waals surface area contributed by atoms with Gasteiger partial charge in [0.1, 0.15) is 5.69 Å². The maximum atomic E-state index is 12.2. The van der Waals surface area contributed by atoms with Crippen LogP contribution in [-0.4, -0.2) is 37.1 Å². The van der Waals surface area contributed by atoms with Crippen LogP contribution in [0, 0.1) is 6.92 Å². The lowest BCUT2D eigenvalue weighted by molar-refractivity contribution is 0.0937. The Hall–Kier alpha value is -2.73. The number of nitrogens with zero attached hydrogens (tertiary/aromatic N) is 1. The molecule has 2 aromatic rings. The number of hydrogen-bond donors (Lipinski definition) is 2. The van der Waals surface area contributed by atoms with E-state index in [-0.39, 0.29) is 17.5 Å². The van der Waals surface area contributed by atoms with Crippen molar-refractivity contribution in [3.63, 3.8) is 0 Å². The van der Waals surface area contributed by atoms with Gasteiger partial charge in [0, 0.05) is 32.0 Å². The molecule has 2 amide bonds. The Labute approximate surface area is 141 Å². The number of amides is 2. The van der Waals surface area contributed by atoms with E-state index in [1.165, 1.54) is 12.3 Å². The van der Waals surface area contributed by atoms with Crippen LogP contribution in [0.2, 0.25) is 0 Å². The van der Waals surface area contributed by atoms with Crippen molar-refractivity contribution in [1.82, 2.24) is 15.6 Å². The van der Waals surface area contributed by atoms with Gasteiger partial charge in [-0.05, 0) is 30.2 Å². The molecule has 6 nitrogen and oxygen atoms in total. The van der Waals surface area contributed by atoms with Crippen molar-refractivity contribution in [3.8, 4) is 0 Å². The zero-order valence-corrected chi connectivity index (χ0v) is 13.8. The Morgan fingerprint density at radius 3 is 2.67 bits per heavy atom. The standard InChI is InChI=1S/C18H21N3O3/c1-13-5-3-4-6-15(13)12-21-18(23)16-11-14(7-8-19-16)17(22)20-9-10-24-2/h3-8,11H,9-10,12H2,1-2H3,(H,20,22)(H,21,23). The number of hydrogen-bond acceptors (Lipinski definition) is 4. The lowest BCUT2D eigenvalue weighted by Gasteiger charge is -2.08. The molecule has 0 aliphatic rings. The average molecular weight is 327 g/mol. The number of carbonyl (C=O) groups is 2. The third-order valence-corrected chi connectivity index (χ3v) is 3.55. The normalized spacial score (nSPS) is 10.2. The van der Waals surface area contributed by atoms with Crippen LogP contribution in [0.1, 0.15) is 32.0 Å². The van der Waals surface area contributed by atoms with Crippen LogP contribution in [0.25, 0.3) is 0 Å². The Morgan fingerprint density at radius 1 is 1.12 bits per heavy atom. The summed E-state index contributed by atoms with van der Waals surface area (Å²) in [6, 6.07) is 10.9. The van der Waals surface area contributed by atoms with Gasteiger partial charge in [-0.15, -0.1) is 0 Å². The molecule has 0 saturated carbocycles. The van der Waals surface area contributed by atoms with Gasteiger partial charge in [-0.3, -0.25) is 14.6 Å². The Kier molecular flexibility index (Phi) is 6.45. The summed E-state index contributed by atoms with van der Waals surface area (Å²) in [4.78, 5) is 28.3. The van der Waals surface area contributed by atoms with Crippen LogP contribution >= 0.6 is 0 Å². The number of benzene rings is 1. The second-order valence-electron chi connectivity index (χ2n) is 5.29. The average Bonchev–Trinajstić information content (AvgIpc) is 2.61. The maximum absolute atomic E-state index is 12.2. The predicted molar refractivity (Wildman–Crippen MR) is 90.8 cm³/mol. The second-order valence-corrected chi connectivity index (χ2v) is 5.29. The molecular weight excluding hydrogens is 306 g/mol. The SMILES string of the molecule is COCCNC(=O)c1ccnc(C(=O)NCc2ccccc2C)c1. The first-order chi connectivity index (χ1) is 11.6. The van der Waals surface area contributed by atoms with Gasteiger partial charge in [-0.1, -0.05) is 24.3 Å². The molecule has 6 heteroatoms. The van der Waals surface area contributed by atoms with E-state index in [2.05, 4.69) is 15.6 Å². The number of carbonyl (C=O) groups excluding carboxylic acids is 2. The van der Waals surface area contributed by atoms with E-state index in [1.54, 1.807) is 13.2 Å². The fourth-order valence-electron chi connectivity index (χ4n) is 2.14. The Balaban J connectivity index is 1.98. The van der Waals surface area contributed by atoms with Crippen molar-refractivity contribution < 1.29 is 14.3 Å². The number of aryl methyl sites for hydroxylation is 1. The first-order valence-corrected chi connectivity index (χ1v) is 7.67. The number of rotatable bonds is 7. The van der Waals surface area contributed by atoms with Crippen LogP contribution in [0.4, 0.5) is 0 Å². The zero-order valence-electron chi connectivity index (χ0n) is 13.8. The van der Waals surface area contributed by atoms with Crippen molar-refractivity contribution in [3.05, 3.63) is 65.0 Å². The molecule has 0 atom stereocenters. The van der Waals surface area contributed by atoms with Crippen molar-refractivity contribution in [2.75, 3.05) is 20.3 Å². The van der Waals surface area contributed by atoms with Gasteiger partial charge in [0.25, 0.3) is 11.8 Å². The smallest absolute Gasteiger partial charge is 0.270 e. The number of ether oxygens (including phenoxy) is 1. The van der Waals surface area contributed by atoms with E-state index in [0.29, 0.717) is 25.3 Å². The highest BCUT2D eigenvalue weighted by Gasteiger charge is 2.11. The molecule has 1 aromatic heterocycles. The lowest BCUT2D eigenvalue weighted by Crippen LogP contribution is -2.28. The summed E-state index contributed by atoms with van der Waals surface area (Å²) in [7, 11) is 1.56. The lowest BCUT2D eigenvalue weighted by atomic mass is 10.1. The van der Waals surface area contributed by atoms with E-state index in [0.717, 1.165) is 11.1 Å². The van der Waals surface area contributed by atoms with E-state index >= 15 is 0 Å². The minimum Gasteiger partial charge on any atom is -0.383 e. The highest BCUT2D eigenvalue weighted by Crippen LogP contribution is 2.07. The van der Waals surface area contributed by atoms with E-state index < -0.39 is 0 Å². The molecule has 0 radical (unpaired) electrons. The molecule has 126 valence electrons. The molecule has 2 N–H and O–H groups in total. The molecule has 24 heavy (non-hydrogen) atoms. The molecule has 0 aliphatic carbocycles. The molecule has 0 unspecified atom stereocenters.